The summed E-state index contributed by atoms with van der Waals surface area (Å²) in [4.78, 5) is 0. The second kappa shape index (κ2) is 8.75. The Kier molecular flexibility index (Phi) is 7.85. The Bertz CT molecular complexity index is 242. The first-order valence-corrected chi connectivity index (χ1v) is 4.32. The van der Waals surface area contributed by atoms with Gasteiger partial charge in [0.1, 0.15) is 0 Å². The monoisotopic (exact) mass is 175 g/mol. The van der Waals surface area contributed by atoms with Gasteiger partial charge in [0.25, 0.3) is 0 Å². The van der Waals surface area contributed by atoms with Crippen LogP contribution in [0.15, 0.2) is 60.8 Å². The van der Waals surface area contributed by atoms with Crippen LogP contribution in [0, 0.1) is 0 Å². The van der Waals surface area contributed by atoms with Crippen molar-refractivity contribution in [2.45, 2.75) is 6.92 Å². The van der Waals surface area contributed by atoms with Crippen molar-refractivity contribution in [2.75, 3.05) is 6.54 Å². The van der Waals surface area contributed by atoms with Gasteiger partial charge in [-0.15, -0.1) is 0 Å². The van der Waals surface area contributed by atoms with E-state index in [0.717, 1.165) is 5.57 Å². The molecule has 0 unspecified atom stereocenters. The number of hydrogen-bond donors (Lipinski definition) is 1. The summed E-state index contributed by atoms with van der Waals surface area (Å²) in [6, 6.07) is 0. The van der Waals surface area contributed by atoms with Gasteiger partial charge in [0.05, 0.1) is 0 Å². The third-order valence-electron chi connectivity index (χ3n) is 1.50. The molecule has 70 valence electrons. The highest BCUT2D eigenvalue weighted by molar-refractivity contribution is 5.24. The minimum Gasteiger partial charge on any atom is -0.327 e. The molecule has 0 atom stereocenters. The van der Waals surface area contributed by atoms with E-state index in [0.29, 0.717) is 6.54 Å². The van der Waals surface area contributed by atoms with Gasteiger partial charge in [-0.3, -0.25) is 0 Å². The zero-order valence-corrected chi connectivity index (χ0v) is 8.11. The largest absolute Gasteiger partial charge is 0.327 e. The van der Waals surface area contributed by atoms with Gasteiger partial charge in [0, 0.05) is 6.54 Å². The summed E-state index contributed by atoms with van der Waals surface area (Å²) in [6.07, 6.45) is 15.4. The summed E-state index contributed by atoms with van der Waals surface area (Å²) < 4.78 is 0. The lowest BCUT2D eigenvalue weighted by molar-refractivity contribution is 1.18. The van der Waals surface area contributed by atoms with Crippen LogP contribution in [0.5, 0.6) is 0 Å². The van der Waals surface area contributed by atoms with Crippen LogP contribution in [0.4, 0.5) is 0 Å². The molecule has 0 spiro atoms. The van der Waals surface area contributed by atoms with Crippen molar-refractivity contribution in [3.05, 3.63) is 60.8 Å². The fraction of sp³-hybridized carbons (Fsp3) is 0.167. The molecule has 0 heterocycles. The van der Waals surface area contributed by atoms with Crippen molar-refractivity contribution in [1.29, 1.82) is 0 Å². The molecular weight excluding hydrogens is 158 g/mol. The van der Waals surface area contributed by atoms with Gasteiger partial charge in [0.15, 0.2) is 0 Å². The fourth-order valence-electron chi connectivity index (χ4n) is 0.732. The van der Waals surface area contributed by atoms with Crippen molar-refractivity contribution >= 4 is 0 Å². The van der Waals surface area contributed by atoms with Crippen LogP contribution in [0.3, 0.4) is 0 Å². The van der Waals surface area contributed by atoms with Gasteiger partial charge in [-0.25, -0.2) is 0 Å². The smallest absolute Gasteiger partial charge is 0.0174 e. The molecule has 0 radical (unpaired) electrons. The van der Waals surface area contributed by atoms with Crippen molar-refractivity contribution in [2.24, 2.45) is 5.73 Å². The first kappa shape index (κ1) is 11.7. The average Bonchev–Trinajstić information content (AvgIpc) is 2.17. The Hall–Kier alpha value is -1.34. The standard InChI is InChI=1S/C12H17N/c1-3-5-6-7-8-9-10-12(4-2)11-13/h3-10H,1,11,13H2,2H3/b6-5-,8-7-,10-9-,12-4+. The number of nitrogens with two attached hydrogens (primary N) is 1. The molecule has 0 saturated heterocycles. The molecular formula is C12H17N. The highest BCUT2D eigenvalue weighted by atomic mass is 14.5. The van der Waals surface area contributed by atoms with Crippen LogP contribution < -0.4 is 5.73 Å². The first-order valence-electron chi connectivity index (χ1n) is 4.32. The lowest BCUT2D eigenvalue weighted by Crippen LogP contribution is -1.99. The second-order valence-electron chi connectivity index (χ2n) is 2.43. The number of hydrogen-bond acceptors (Lipinski definition) is 1. The van der Waals surface area contributed by atoms with Crippen LogP contribution in [0.1, 0.15) is 6.92 Å². The lowest BCUT2D eigenvalue weighted by Gasteiger charge is -1.91. The minimum absolute atomic E-state index is 0.587. The number of allylic oxidation sites excluding steroid dienone is 7. The molecule has 0 aromatic carbocycles. The Morgan fingerprint density at radius 3 is 2.31 bits per heavy atom. The molecule has 0 aliphatic rings. The normalized spacial score (nSPS) is 13.5. The summed E-state index contributed by atoms with van der Waals surface area (Å²) in [7, 11) is 0. The third kappa shape index (κ3) is 7.04. The third-order valence-corrected chi connectivity index (χ3v) is 1.50. The topological polar surface area (TPSA) is 26.0 Å². The van der Waals surface area contributed by atoms with E-state index in [1.807, 2.05) is 49.5 Å². The summed E-state index contributed by atoms with van der Waals surface area (Å²) in [6.45, 7) is 6.14. The lowest BCUT2D eigenvalue weighted by atomic mass is 10.2. The molecule has 0 aliphatic carbocycles. The molecule has 0 rings (SSSR count). The van der Waals surface area contributed by atoms with E-state index in [-0.39, 0.29) is 0 Å². The molecule has 0 aromatic heterocycles. The highest BCUT2D eigenvalue weighted by Crippen LogP contribution is 1.93. The SMILES string of the molecule is C=C\C=C/C=C\C=C/C(=C\C)CN. The van der Waals surface area contributed by atoms with Gasteiger partial charge >= 0.3 is 0 Å². The van der Waals surface area contributed by atoms with Crippen molar-refractivity contribution < 1.29 is 0 Å². The maximum atomic E-state index is 5.47. The van der Waals surface area contributed by atoms with Crippen molar-refractivity contribution in [3.63, 3.8) is 0 Å². The molecule has 0 fully saturated rings. The Morgan fingerprint density at radius 1 is 1.15 bits per heavy atom. The summed E-state index contributed by atoms with van der Waals surface area (Å²) >= 11 is 0. The van der Waals surface area contributed by atoms with Gasteiger partial charge in [-0.05, 0) is 12.5 Å². The van der Waals surface area contributed by atoms with Crippen LogP contribution in [0.2, 0.25) is 0 Å². The van der Waals surface area contributed by atoms with Gasteiger partial charge in [-0.1, -0.05) is 55.2 Å². The maximum absolute atomic E-state index is 5.47. The van der Waals surface area contributed by atoms with E-state index >= 15 is 0 Å². The maximum Gasteiger partial charge on any atom is 0.0174 e. The molecule has 2 N–H and O–H groups in total. The molecule has 0 aliphatic heterocycles. The van der Waals surface area contributed by atoms with E-state index in [1.54, 1.807) is 6.08 Å². The molecule has 0 amide bonds. The zero-order valence-electron chi connectivity index (χ0n) is 8.11. The number of rotatable bonds is 5. The van der Waals surface area contributed by atoms with Crippen LogP contribution in [-0.2, 0) is 0 Å². The van der Waals surface area contributed by atoms with Gasteiger partial charge in [-0.2, -0.15) is 0 Å². The zero-order chi connectivity index (χ0) is 9.94. The van der Waals surface area contributed by atoms with E-state index in [4.69, 9.17) is 5.73 Å². The predicted molar refractivity (Wildman–Crippen MR) is 60.4 cm³/mol. The molecule has 0 aromatic rings. The summed E-state index contributed by atoms with van der Waals surface area (Å²) in [5, 5.41) is 0. The molecule has 13 heavy (non-hydrogen) atoms. The molecule has 0 bridgehead atoms. The average molecular weight is 175 g/mol. The summed E-state index contributed by atoms with van der Waals surface area (Å²) in [5.41, 5.74) is 6.61. The molecule has 0 saturated carbocycles. The Morgan fingerprint density at radius 2 is 1.77 bits per heavy atom. The van der Waals surface area contributed by atoms with E-state index in [9.17, 15) is 0 Å². The quantitative estimate of drug-likeness (QED) is 0.639. The second-order valence-corrected chi connectivity index (χ2v) is 2.43. The molecule has 1 nitrogen and oxygen atoms in total. The van der Waals surface area contributed by atoms with E-state index in [1.165, 1.54) is 0 Å². The fourth-order valence-corrected chi connectivity index (χ4v) is 0.732. The molecule has 1 heteroatoms. The Balaban J connectivity index is 3.92. The highest BCUT2D eigenvalue weighted by Gasteiger charge is 1.80. The van der Waals surface area contributed by atoms with Crippen molar-refractivity contribution in [3.8, 4) is 0 Å². The minimum atomic E-state index is 0.587. The first-order chi connectivity index (χ1) is 6.35. The van der Waals surface area contributed by atoms with E-state index < -0.39 is 0 Å². The predicted octanol–water partition coefficient (Wildman–Crippen LogP) is 2.75. The van der Waals surface area contributed by atoms with Gasteiger partial charge in [0.2, 0.25) is 0 Å². The van der Waals surface area contributed by atoms with Crippen LogP contribution in [-0.4, -0.2) is 6.54 Å². The van der Waals surface area contributed by atoms with E-state index in [2.05, 4.69) is 6.58 Å². The van der Waals surface area contributed by atoms with Crippen LogP contribution >= 0.6 is 0 Å². The van der Waals surface area contributed by atoms with Crippen molar-refractivity contribution in [1.82, 2.24) is 0 Å². The summed E-state index contributed by atoms with van der Waals surface area (Å²) in [5.74, 6) is 0. The Labute approximate surface area is 80.6 Å². The van der Waals surface area contributed by atoms with Crippen LogP contribution in [0.25, 0.3) is 0 Å². The van der Waals surface area contributed by atoms with Gasteiger partial charge < -0.3 is 5.73 Å².